The zero-order chi connectivity index (χ0) is 17.1. The number of urea groups is 1. The average Bonchev–Trinajstić information content (AvgIpc) is 3.31. The number of ether oxygens (including phenoxy) is 1. The number of aromatic nitrogens is 1. The quantitative estimate of drug-likeness (QED) is 0.896. The van der Waals surface area contributed by atoms with Crippen molar-refractivity contribution >= 4 is 16.9 Å². The molecule has 3 heterocycles. The number of carbonyl (C=O) groups excluding carboxylic acids is 1. The topological polar surface area (TPSA) is 57.4 Å². The van der Waals surface area contributed by atoms with E-state index in [0.29, 0.717) is 18.6 Å². The SMILES string of the molecule is O=C(NCCc1cc2ccccc2[nH]1)N1CCC(C2CCCO2)CC1. The summed E-state index contributed by atoms with van der Waals surface area (Å²) < 4.78 is 5.80. The second kappa shape index (κ2) is 7.48. The van der Waals surface area contributed by atoms with Crippen LogP contribution in [0.15, 0.2) is 30.3 Å². The van der Waals surface area contributed by atoms with Crippen molar-refractivity contribution in [1.82, 2.24) is 15.2 Å². The number of para-hydroxylation sites is 1. The number of hydrogen-bond donors (Lipinski definition) is 2. The van der Waals surface area contributed by atoms with Crippen LogP contribution in [0.1, 0.15) is 31.4 Å². The monoisotopic (exact) mass is 341 g/mol. The Bertz CT molecular complexity index is 680. The van der Waals surface area contributed by atoms with Gasteiger partial charge in [-0.25, -0.2) is 4.79 Å². The first kappa shape index (κ1) is 16.5. The molecule has 0 bridgehead atoms. The van der Waals surface area contributed by atoms with Crippen molar-refractivity contribution in [2.45, 2.75) is 38.2 Å². The van der Waals surface area contributed by atoms with Gasteiger partial charge in [-0.3, -0.25) is 0 Å². The maximum absolute atomic E-state index is 12.4. The van der Waals surface area contributed by atoms with Gasteiger partial charge in [-0.2, -0.15) is 0 Å². The molecule has 0 saturated carbocycles. The van der Waals surface area contributed by atoms with Gasteiger partial charge in [-0.05, 0) is 49.1 Å². The lowest BCUT2D eigenvalue weighted by Crippen LogP contribution is -2.46. The molecule has 1 aromatic carbocycles. The molecule has 0 aliphatic carbocycles. The van der Waals surface area contributed by atoms with E-state index in [4.69, 9.17) is 4.74 Å². The van der Waals surface area contributed by atoms with E-state index in [9.17, 15) is 4.79 Å². The number of likely N-dealkylation sites (tertiary alicyclic amines) is 1. The first-order chi connectivity index (χ1) is 12.3. The van der Waals surface area contributed by atoms with Gasteiger partial charge in [-0.1, -0.05) is 18.2 Å². The number of rotatable bonds is 4. The normalized spacial score (nSPS) is 21.8. The molecule has 2 aliphatic rings. The van der Waals surface area contributed by atoms with Gasteiger partial charge >= 0.3 is 6.03 Å². The first-order valence-corrected chi connectivity index (χ1v) is 9.50. The molecular weight excluding hydrogens is 314 g/mol. The van der Waals surface area contributed by atoms with Crippen LogP contribution in [0.4, 0.5) is 4.79 Å². The Labute approximate surface area is 148 Å². The highest BCUT2D eigenvalue weighted by Crippen LogP contribution is 2.28. The lowest BCUT2D eigenvalue weighted by atomic mass is 9.90. The van der Waals surface area contributed by atoms with Crippen molar-refractivity contribution in [3.8, 4) is 0 Å². The van der Waals surface area contributed by atoms with Crippen LogP contribution >= 0.6 is 0 Å². The minimum absolute atomic E-state index is 0.0712. The number of nitrogens with one attached hydrogen (secondary N) is 2. The van der Waals surface area contributed by atoms with Gasteiger partial charge in [0.25, 0.3) is 0 Å². The summed E-state index contributed by atoms with van der Waals surface area (Å²) in [7, 11) is 0. The molecule has 0 spiro atoms. The van der Waals surface area contributed by atoms with Crippen LogP contribution in [0.3, 0.4) is 0 Å². The van der Waals surface area contributed by atoms with Crippen molar-refractivity contribution in [3.63, 3.8) is 0 Å². The number of carbonyl (C=O) groups is 1. The number of H-pyrrole nitrogens is 1. The number of nitrogens with zero attached hydrogens (tertiary/aromatic N) is 1. The number of piperidine rings is 1. The number of amides is 2. The molecule has 2 saturated heterocycles. The van der Waals surface area contributed by atoms with Gasteiger partial charge in [0.05, 0.1) is 6.10 Å². The summed E-state index contributed by atoms with van der Waals surface area (Å²) in [6, 6.07) is 10.5. The summed E-state index contributed by atoms with van der Waals surface area (Å²) in [5, 5.41) is 4.29. The van der Waals surface area contributed by atoms with E-state index in [1.807, 2.05) is 17.0 Å². The zero-order valence-corrected chi connectivity index (χ0v) is 14.7. The molecular formula is C20H27N3O2. The number of benzene rings is 1. The van der Waals surface area contributed by atoms with E-state index >= 15 is 0 Å². The summed E-state index contributed by atoms with van der Waals surface area (Å²) in [6.45, 7) is 3.28. The Morgan fingerprint density at radius 3 is 2.84 bits per heavy atom. The van der Waals surface area contributed by atoms with E-state index < -0.39 is 0 Å². The zero-order valence-electron chi connectivity index (χ0n) is 14.7. The van der Waals surface area contributed by atoms with Gasteiger partial charge < -0.3 is 19.9 Å². The third kappa shape index (κ3) is 3.82. The lowest BCUT2D eigenvalue weighted by Gasteiger charge is -2.34. The van der Waals surface area contributed by atoms with Crippen LogP contribution in [-0.4, -0.2) is 48.3 Å². The summed E-state index contributed by atoms with van der Waals surface area (Å²) in [4.78, 5) is 17.7. The summed E-state index contributed by atoms with van der Waals surface area (Å²) in [5.74, 6) is 0.637. The largest absolute Gasteiger partial charge is 0.378 e. The third-order valence-corrected chi connectivity index (χ3v) is 5.57. The van der Waals surface area contributed by atoms with Crippen molar-refractivity contribution in [2.24, 2.45) is 5.92 Å². The van der Waals surface area contributed by atoms with Gasteiger partial charge in [0.15, 0.2) is 0 Å². The van der Waals surface area contributed by atoms with Crippen LogP contribution in [0, 0.1) is 5.92 Å². The standard InChI is InChI=1S/C20H27N3O2/c24-20(23-11-8-15(9-12-23)19-6-3-13-25-19)21-10-7-17-14-16-4-1-2-5-18(16)22-17/h1-2,4-5,14-15,19,22H,3,6-13H2,(H,21,24). The predicted octanol–water partition coefficient (Wildman–Crippen LogP) is 3.31. The molecule has 2 fully saturated rings. The highest BCUT2D eigenvalue weighted by molar-refractivity contribution is 5.80. The third-order valence-electron chi connectivity index (χ3n) is 5.57. The van der Waals surface area contributed by atoms with Crippen LogP contribution in [0.25, 0.3) is 10.9 Å². The van der Waals surface area contributed by atoms with Crippen molar-refractivity contribution in [2.75, 3.05) is 26.2 Å². The summed E-state index contributed by atoms with van der Waals surface area (Å²) in [6.07, 6.45) is 5.79. The molecule has 25 heavy (non-hydrogen) atoms. The Morgan fingerprint density at radius 2 is 2.08 bits per heavy atom. The van der Waals surface area contributed by atoms with Gasteiger partial charge in [0.1, 0.15) is 0 Å². The van der Waals surface area contributed by atoms with Gasteiger partial charge in [-0.15, -0.1) is 0 Å². The Kier molecular flexibility index (Phi) is 4.92. The maximum Gasteiger partial charge on any atom is 0.317 e. The molecule has 1 atom stereocenters. The van der Waals surface area contributed by atoms with E-state index in [2.05, 4.69) is 28.5 Å². The summed E-state index contributed by atoms with van der Waals surface area (Å²) in [5.41, 5.74) is 2.32. The molecule has 2 aliphatic heterocycles. The highest BCUT2D eigenvalue weighted by atomic mass is 16.5. The van der Waals surface area contributed by atoms with Crippen LogP contribution < -0.4 is 5.32 Å². The summed E-state index contributed by atoms with van der Waals surface area (Å²) >= 11 is 0. The molecule has 4 rings (SSSR count). The average molecular weight is 341 g/mol. The molecule has 1 aromatic heterocycles. The number of fused-ring (bicyclic) bond motifs is 1. The minimum atomic E-state index is 0.0712. The molecule has 5 nitrogen and oxygen atoms in total. The molecule has 1 unspecified atom stereocenters. The minimum Gasteiger partial charge on any atom is -0.378 e. The smallest absolute Gasteiger partial charge is 0.317 e. The Balaban J connectivity index is 1.21. The highest BCUT2D eigenvalue weighted by Gasteiger charge is 2.30. The molecule has 2 amide bonds. The molecule has 134 valence electrons. The molecule has 2 aromatic rings. The first-order valence-electron chi connectivity index (χ1n) is 9.50. The second-order valence-corrected chi connectivity index (χ2v) is 7.24. The molecule has 5 heteroatoms. The van der Waals surface area contributed by atoms with E-state index in [1.54, 1.807) is 0 Å². The molecule has 0 radical (unpaired) electrons. The fraction of sp³-hybridized carbons (Fsp3) is 0.550. The van der Waals surface area contributed by atoms with Gasteiger partial charge in [0, 0.05) is 43.9 Å². The maximum atomic E-state index is 12.4. The fourth-order valence-electron chi connectivity index (χ4n) is 4.13. The van der Waals surface area contributed by atoms with Gasteiger partial charge in [0.2, 0.25) is 0 Å². The number of hydrogen-bond acceptors (Lipinski definition) is 2. The van der Waals surface area contributed by atoms with Crippen molar-refractivity contribution < 1.29 is 9.53 Å². The second-order valence-electron chi connectivity index (χ2n) is 7.24. The van der Waals surface area contributed by atoms with E-state index in [1.165, 1.54) is 23.9 Å². The van der Waals surface area contributed by atoms with Crippen molar-refractivity contribution in [1.29, 1.82) is 0 Å². The van der Waals surface area contributed by atoms with Crippen LogP contribution in [-0.2, 0) is 11.2 Å². The van der Waals surface area contributed by atoms with Crippen LogP contribution in [0.2, 0.25) is 0 Å². The van der Waals surface area contributed by atoms with E-state index in [0.717, 1.165) is 44.5 Å². The number of aromatic amines is 1. The van der Waals surface area contributed by atoms with E-state index in [-0.39, 0.29) is 6.03 Å². The van der Waals surface area contributed by atoms with Crippen LogP contribution in [0.5, 0.6) is 0 Å². The predicted molar refractivity (Wildman–Crippen MR) is 98.7 cm³/mol. The Morgan fingerprint density at radius 1 is 1.24 bits per heavy atom. The molecule has 2 N–H and O–H groups in total. The Hall–Kier alpha value is -2.01. The lowest BCUT2D eigenvalue weighted by molar-refractivity contribution is 0.0372. The van der Waals surface area contributed by atoms with Crippen molar-refractivity contribution in [3.05, 3.63) is 36.0 Å². The fourth-order valence-corrected chi connectivity index (χ4v) is 4.13.